The fourth-order valence-corrected chi connectivity index (χ4v) is 2.76. The standard InChI is InChI=1S/C13H15ClN4O2/c14-12-15-9-10(16-12)17(5-7-1-2-7)13(20)18(11(9)19)6-8-3-4-8/h7-8H,1-6H2,(H,15,16). The molecule has 2 aliphatic rings. The zero-order chi connectivity index (χ0) is 13.9. The Hall–Kier alpha value is -1.56. The Morgan fingerprint density at radius 1 is 1.10 bits per heavy atom. The first-order valence-electron chi connectivity index (χ1n) is 7.02. The third-order valence-corrected chi connectivity index (χ3v) is 4.29. The van der Waals surface area contributed by atoms with Crippen molar-refractivity contribution in [3.63, 3.8) is 0 Å². The Balaban J connectivity index is 1.95. The lowest BCUT2D eigenvalue weighted by Gasteiger charge is -2.10. The van der Waals surface area contributed by atoms with E-state index in [2.05, 4.69) is 9.97 Å². The Bertz CT molecular complexity index is 795. The molecule has 0 aliphatic heterocycles. The molecule has 20 heavy (non-hydrogen) atoms. The third-order valence-electron chi connectivity index (χ3n) is 4.11. The van der Waals surface area contributed by atoms with Crippen LogP contribution in [0.25, 0.3) is 11.2 Å². The van der Waals surface area contributed by atoms with Gasteiger partial charge in [-0.1, -0.05) is 0 Å². The highest BCUT2D eigenvalue weighted by molar-refractivity contribution is 6.28. The molecule has 0 atom stereocenters. The van der Waals surface area contributed by atoms with Crippen LogP contribution < -0.4 is 11.2 Å². The van der Waals surface area contributed by atoms with E-state index in [1.165, 1.54) is 4.57 Å². The van der Waals surface area contributed by atoms with E-state index in [4.69, 9.17) is 11.6 Å². The highest BCUT2D eigenvalue weighted by Crippen LogP contribution is 2.31. The van der Waals surface area contributed by atoms with E-state index in [9.17, 15) is 9.59 Å². The van der Waals surface area contributed by atoms with E-state index in [0.29, 0.717) is 36.1 Å². The maximum atomic E-state index is 12.6. The Morgan fingerprint density at radius 3 is 2.30 bits per heavy atom. The second kappa shape index (κ2) is 4.22. The summed E-state index contributed by atoms with van der Waals surface area (Å²) in [7, 11) is 0. The van der Waals surface area contributed by atoms with Gasteiger partial charge in [0.25, 0.3) is 5.56 Å². The average molecular weight is 295 g/mol. The number of H-pyrrole nitrogens is 1. The molecule has 4 rings (SSSR count). The lowest BCUT2D eigenvalue weighted by Crippen LogP contribution is -2.41. The van der Waals surface area contributed by atoms with Gasteiger partial charge in [0.05, 0.1) is 0 Å². The van der Waals surface area contributed by atoms with Crippen LogP contribution in [0.2, 0.25) is 5.28 Å². The van der Waals surface area contributed by atoms with E-state index in [0.717, 1.165) is 25.7 Å². The van der Waals surface area contributed by atoms with E-state index < -0.39 is 0 Å². The van der Waals surface area contributed by atoms with Gasteiger partial charge in [-0.15, -0.1) is 0 Å². The van der Waals surface area contributed by atoms with Crippen molar-refractivity contribution in [3.05, 3.63) is 26.1 Å². The molecule has 6 nitrogen and oxygen atoms in total. The zero-order valence-electron chi connectivity index (χ0n) is 10.9. The lowest BCUT2D eigenvalue weighted by molar-refractivity contribution is 0.520. The molecule has 106 valence electrons. The number of hydrogen-bond donors (Lipinski definition) is 1. The molecule has 7 heteroatoms. The first kappa shape index (κ1) is 12.2. The number of halogens is 1. The normalized spacial score (nSPS) is 18.9. The Morgan fingerprint density at radius 2 is 1.70 bits per heavy atom. The van der Waals surface area contributed by atoms with Crippen LogP contribution in [0.3, 0.4) is 0 Å². The SMILES string of the molecule is O=c1c2[nH]c(Cl)nc2n(CC2CC2)c(=O)n1CC1CC1. The number of rotatable bonds is 4. The van der Waals surface area contributed by atoms with Crippen LogP contribution in [0.1, 0.15) is 25.7 Å². The quantitative estimate of drug-likeness (QED) is 0.865. The van der Waals surface area contributed by atoms with Gasteiger partial charge in [-0.05, 0) is 49.1 Å². The van der Waals surface area contributed by atoms with Crippen LogP contribution in [0.4, 0.5) is 0 Å². The molecule has 2 fully saturated rings. The minimum atomic E-state index is -0.302. The predicted molar refractivity (Wildman–Crippen MR) is 75.1 cm³/mol. The van der Waals surface area contributed by atoms with E-state index in [1.807, 2.05) is 0 Å². The summed E-state index contributed by atoms with van der Waals surface area (Å²) < 4.78 is 2.95. The summed E-state index contributed by atoms with van der Waals surface area (Å²) in [6, 6.07) is 0. The number of aromatic amines is 1. The van der Waals surface area contributed by atoms with E-state index >= 15 is 0 Å². The largest absolute Gasteiger partial charge is 0.332 e. The molecule has 0 aromatic carbocycles. The van der Waals surface area contributed by atoms with Crippen LogP contribution in [0, 0.1) is 11.8 Å². The van der Waals surface area contributed by atoms with Gasteiger partial charge in [0.15, 0.2) is 11.2 Å². The summed E-state index contributed by atoms with van der Waals surface area (Å²) in [5.41, 5.74) is 0.188. The fraction of sp³-hybridized carbons (Fsp3) is 0.615. The molecule has 0 radical (unpaired) electrons. The molecule has 0 spiro atoms. The van der Waals surface area contributed by atoms with Gasteiger partial charge in [-0.25, -0.2) is 4.79 Å². The van der Waals surface area contributed by atoms with Crippen LogP contribution >= 0.6 is 11.6 Å². The Kier molecular flexibility index (Phi) is 2.57. The first-order valence-corrected chi connectivity index (χ1v) is 7.40. The topological polar surface area (TPSA) is 72.7 Å². The molecule has 2 saturated carbocycles. The van der Waals surface area contributed by atoms with Crippen LogP contribution in [-0.4, -0.2) is 19.1 Å². The van der Waals surface area contributed by atoms with Gasteiger partial charge in [0, 0.05) is 13.1 Å². The summed E-state index contributed by atoms with van der Waals surface area (Å²) >= 11 is 5.87. The highest BCUT2D eigenvalue weighted by atomic mass is 35.5. The summed E-state index contributed by atoms with van der Waals surface area (Å²) in [5.74, 6) is 0.990. The average Bonchev–Trinajstić information content (AvgIpc) is 3.31. The molecule has 2 heterocycles. The summed E-state index contributed by atoms with van der Waals surface area (Å²) in [6.07, 6.45) is 4.45. The molecule has 2 aliphatic carbocycles. The molecular weight excluding hydrogens is 280 g/mol. The van der Waals surface area contributed by atoms with Crippen LogP contribution in [-0.2, 0) is 13.1 Å². The zero-order valence-corrected chi connectivity index (χ0v) is 11.7. The summed E-state index contributed by atoms with van der Waals surface area (Å²) in [6.45, 7) is 1.14. The van der Waals surface area contributed by atoms with Gasteiger partial charge in [0.2, 0.25) is 5.28 Å². The second-order valence-corrected chi connectivity index (χ2v) is 6.28. The molecule has 2 aromatic heterocycles. The first-order chi connectivity index (χ1) is 9.63. The van der Waals surface area contributed by atoms with Crippen molar-refractivity contribution in [1.82, 2.24) is 19.1 Å². The fourth-order valence-electron chi connectivity index (χ4n) is 2.58. The smallest absolute Gasteiger partial charge is 0.323 e. The van der Waals surface area contributed by atoms with Gasteiger partial charge in [-0.3, -0.25) is 13.9 Å². The number of imidazole rings is 1. The van der Waals surface area contributed by atoms with E-state index in [1.54, 1.807) is 4.57 Å². The third kappa shape index (κ3) is 1.98. The minimum Gasteiger partial charge on any atom is -0.323 e. The molecule has 0 unspecified atom stereocenters. The van der Waals surface area contributed by atoms with Crippen molar-refractivity contribution in [2.45, 2.75) is 38.8 Å². The minimum absolute atomic E-state index is 0.158. The maximum absolute atomic E-state index is 12.6. The molecule has 0 bridgehead atoms. The van der Waals surface area contributed by atoms with Crippen molar-refractivity contribution in [2.24, 2.45) is 11.8 Å². The van der Waals surface area contributed by atoms with Gasteiger partial charge in [0.1, 0.15) is 0 Å². The summed E-state index contributed by atoms with van der Waals surface area (Å²) in [4.78, 5) is 31.9. The van der Waals surface area contributed by atoms with Gasteiger partial charge < -0.3 is 4.98 Å². The molecule has 0 saturated heterocycles. The monoisotopic (exact) mass is 294 g/mol. The van der Waals surface area contributed by atoms with Crippen molar-refractivity contribution in [3.8, 4) is 0 Å². The molecular formula is C13H15ClN4O2. The number of nitrogens with one attached hydrogen (secondary N) is 1. The van der Waals surface area contributed by atoms with Gasteiger partial charge >= 0.3 is 5.69 Å². The van der Waals surface area contributed by atoms with E-state index in [-0.39, 0.29) is 16.5 Å². The number of fused-ring (bicyclic) bond motifs is 1. The second-order valence-electron chi connectivity index (χ2n) is 5.92. The Labute approximate surface area is 119 Å². The summed E-state index contributed by atoms with van der Waals surface area (Å²) in [5, 5.41) is 0.158. The van der Waals surface area contributed by atoms with Crippen molar-refractivity contribution < 1.29 is 0 Å². The number of nitrogens with zero attached hydrogens (tertiary/aromatic N) is 3. The number of aromatic nitrogens is 4. The number of hydrogen-bond acceptors (Lipinski definition) is 3. The highest BCUT2D eigenvalue weighted by Gasteiger charge is 2.28. The van der Waals surface area contributed by atoms with Crippen LogP contribution in [0.5, 0.6) is 0 Å². The van der Waals surface area contributed by atoms with Crippen molar-refractivity contribution in [1.29, 1.82) is 0 Å². The van der Waals surface area contributed by atoms with Crippen molar-refractivity contribution >= 4 is 22.8 Å². The maximum Gasteiger partial charge on any atom is 0.332 e. The van der Waals surface area contributed by atoms with Crippen LogP contribution in [0.15, 0.2) is 9.59 Å². The molecule has 1 N–H and O–H groups in total. The van der Waals surface area contributed by atoms with Gasteiger partial charge in [-0.2, -0.15) is 4.98 Å². The van der Waals surface area contributed by atoms with Crippen molar-refractivity contribution in [2.75, 3.05) is 0 Å². The molecule has 2 aromatic rings. The lowest BCUT2D eigenvalue weighted by atomic mass is 10.3. The predicted octanol–water partition coefficient (Wildman–Crippen LogP) is 1.36. The molecule has 0 amide bonds.